The number of amides is 1. The molecule has 98 valence electrons. The van der Waals surface area contributed by atoms with E-state index >= 15 is 0 Å². The number of unbranched alkanes of at least 4 members (excludes halogenated alkanes) is 2. The molecule has 0 aromatic heterocycles. The molecule has 1 amide bonds. The van der Waals surface area contributed by atoms with E-state index < -0.39 is 0 Å². The minimum absolute atomic E-state index is 0.173. The third-order valence-corrected chi connectivity index (χ3v) is 2.59. The highest BCUT2D eigenvalue weighted by atomic mass is 16.2. The molecular formula is C14H21N3O. The van der Waals surface area contributed by atoms with Gasteiger partial charge < -0.3 is 4.90 Å². The van der Waals surface area contributed by atoms with Crippen molar-refractivity contribution in [3.05, 3.63) is 29.8 Å². The first-order valence-electron chi connectivity index (χ1n) is 6.24. The summed E-state index contributed by atoms with van der Waals surface area (Å²) in [5.74, 6) is -0.173. The van der Waals surface area contributed by atoms with Crippen LogP contribution in [-0.4, -0.2) is 26.2 Å². The molecule has 4 nitrogen and oxygen atoms in total. The van der Waals surface area contributed by atoms with E-state index in [9.17, 15) is 4.79 Å². The number of carbonyl (C=O) groups excluding carboxylic acids is 1. The summed E-state index contributed by atoms with van der Waals surface area (Å²) in [5, 5.41) is 3.91. The van der Waals surface area contributed by atoms with Crippen LogP contribution in [0.2, 0.25) is 0 Å². The minimum atomic E-state index is -0.173. The Labute approximate surface area is 109 Å². The zero-order valence-electron chi connectivity index (χ0n) is 11.3. The number of nitrogens with zero attached hydrogens (tertiary/aromatic N) is 2. The number of carbonyl (C=O) groups is 1. The summed E-state index contributed by atoms with van der Waals surface area (Å²) in [6.45, 7) is 2.12. The summed E-state index contributed by atoms with van der Waals surface area (Å²) in [6.07, 6.45) is 4.87. The largest absolute Gasteiger partial charge is 0.378 e. The maximum Gasteiger partial charge on any atom is 0.271 e. The molecule has 18 heavy (non-hydrogen) atoms. The van der Waals surface area contributed by atoms with Gasteiger partial charge in [-0.25, -0.2) is 5.43 Å². The van der Waals surface area contributed by atoms with Gasteiger partial charge in [0.25, 0.3) is 5.91 Å². The van der Waals surface area contributed by atoms with Gasteiger partial charge in [-0.15, -0.1) is 0 Å². The van der Waals surface area contributed by atoms with Crippen LogP contribution in [0.1, 0.15) is 36.5 Å². The van der Waals surface area contributed by atoms with Crippen LogP contribution in [0, 0.1) is 0 Å². The molecule has 0 bridgehead atoms. The molecular weight excluding hydrogens is 226 g/mol. The van der Waals surface area contributed by atoms with Crippen LogP contribution >= 0.6 is 0 Å². The lowest BCUT2D eigenvalue weighted by Gasteiger charge is -2.12. The zero-order chi connectivity index (χ0) is 13.4. The van der Waals surface area contributed by atoms with Gasteiger partial charge in [-0.2, -0.15) is 5.10 Å². The van der Waals surface area contributed by atoms with E-state index in [0.29, 0.717) is 5.56 Å². The van der Waals surface area contributed by atoms with Crippen molar-refractivity contribution >= 4 is 17.8 Å². The normalized spacial score (nSPS) is 10.6. The van der Waals surface area contributed by atoms with Crippen molar-refractivity contribution < 1.29 is 4.79 Å². The van der Waals surface area contributed by atoms with E-state index in [-0.39, 0.29) is 5.91 Å². The van der Waals surface area contributed by atoms with Gasteiger partial charge in [-0.1, -0.05) is 13.3 Å². The second-order valence-corrected chi connectivity index (χ2v) is 4.34. The molecule has 0 unspecified atom stereocenters. The van der Waals surface area contributed by atoms with E-state index in [1.807, 2.05) is 31.1 Å². The second-order valence-electron chi connectivity index (χ2n) is 4.34. The van der Waals surface area contributed by atoms with Crippen LogP contribution in [0.15, 0.2) is 29.4 Å². The molecule has 0 radical (unpaired) electrons. The number of hydrogen-bond donors (Lipinski definition) is 1. The summed E-state index contributed by atoms with van der Waals surface area (Å²) < 4.78 is 0. The first-order chi connectivity index (χ1) is 8.65. The molecule has 1 aromatic rings. The van der Waals surface area contributed by atoms with Crippen molar-refractivity contribution in [3.63, 3.8) is 0 Å². The number of anilines is 1. The van der Waals surface area contributed by atoms with Crippen molar-refractivity contribution in [2.75, 3.05) is 19.0 Å². The molecule has 1 N–H and O–H groups in total. The van der Waals surface area contributed by atoms with Crippen LogP contribution < -0.4 is 10.3 Å². The molecule has 0 aliphatic carbocycles. The lowest BCUT2D eigenvalue weighted by atomic mass is 10.2. The maximum atomic E-state index is 11.7. The third-order valence-electron chi connectivity index (χ3n) is 2.59. The highest BCUT2D eigenvalue weighted by Crippen LogP contribution is 2.11. The van der Waals surface area contributed by atoms with E-state index in [1.54, 1.807) is 18.3 Å². The maximum absolute atomic E-state index is 11.7. The predicted octanol–water partition coefficient (Wildman–Crippen LogP) is 2.66. The van der Waals surface area contributed by atoms with Gasteiger partial charge >= 0.3 is 0 Å². The van der Waals surface area contributed by atoms with Crippen LogP contribution in [-0.2, 0) is 0 Å². The quantitative estimate of drug-likeness (QED) is 0.477. The summed E-state index contributed by atoms with van der Waals surface area (Å²) in [5.41, 5.74) is 4.21. The van der Waals surface area contributed by atoms with E-state index in [4.69, 9.17) is 0 Å². The van der Waals surface area contributed by atoms with E-state index in [1.165, 1.54) is 0 Å². The monoisotopic (exact) mass is 247 g/mol. The van der Waals surface area contributed by atoms with Crippen LogP contribution in [0.4, 0.5) is 5.69 Å². The molecule has 0 aliphatic heterocycles. The Hall–Kier alpha value is -1.84. The summed E-state index contributed by atoms with van der Waals surface area (Å²) in [6, 6.07) is 7.42. The molecule has 0 fully saturated rings. The molecule has 0 atom stereocenters. The van der Waals surface area contributed by atoms with Gasteiger partial charge in [0.2, 0.25) is 0 Å². The number of hydrazone groups is 1. The Bertz CT molecular complexity index is 396. The molecule has 0 spiro atoms. The van der Waals surface area contributed by atoms with Crippen molar-refractivity contribution in [1.29, 1.82) is 0 Å². The summed E-state index contributed by atoms with van der Waals surface area (Å²) in [7, 11) is 3.93. The van der Waals surface area contributed by atoms with Crippen LogP contribution in [0.25, 0.3) is 0 Å². The molecule has 0 saturated carbocycles. The van der Waals surface area contributed by atoms with Crippen molar-refractivity contribution in [2.24, 2.45) is 5.10 Å². The fourth-order valence-corrected chi connectivity index (χ4v) is 1.44. The molecule has 0 saturated heterocycles. The highest BCUT2D eigenvalue weighted by molar-refractivity contribution is 5.94. The summed E-state index contributed by atoms with van der Waals surface area (Å²) in [4.78, 5) is 13.7. The molecule has 0 aliphatic rings. The molecule has 0 heterocycles. The van der Waals surface area contributed by atoms with Crippen molar-refractivity contribution in [3.8, 4) is 0 Å². The number of rotatable bonds is 6. The van der Waals surface area contributed by atoms with Crippen molar-refractivity contribution in [1.82, 2.24) is 5.43 Å². The first kappa shape index (κ1) is 14.2. The second kappa shape index (κ2) is 7.48. The Kier molecular flexibility index (Phi) is 5.91. The van der Waals surface area contributed by atoms with Gasteiger partial charge in [0.15, 0.2) is 0 Å². The average Bonchev–Trinajstić information content (AvgIpc) is 2.38. The van der Waals surface area contributed by atoms with Gasteiger partial charge in [-0.05, 0) is 37.1 Å². The molecule has 1 aromatic carbocycles. The highest BCUT2D eigenvalue weighted by Gasteiger charge is 2.03. The number of benzene rings is 1. The summed E-state index contributed by atoms with van der Waals surface area (Å²) >= 11 is 0. The lowest BCUT2D eigenvalue weighted by Crippen LogP contribution is -2.17. The van der Waals surface area contributed by atoms with Gasteiger partial charge in [0.05, 0.1) is 0 Å². The fourth-order valence-electron chi connectivity index (χ4n) is 1.44. The fraction of sp³-hybridized carbons (Fsp3) is 0.429. The minimum Gasteiger partial charge on any atom is -0.378 e. The number of hydrogen-bond acceptors (Lipinski definition) is 3. The Balaban J connectivity index is 2.49. The Morgan fingerprint density at radius 2 is 2.00 bits per heavy atom. The average molecular weight is 247 g/mol. The first-order valence-corrected chi connectivity index (χ1v) is 6.24. The standard InChI is InChI=1S/C14H21N3O/c1-4-5-6-11-15-16-14(18)12-7-9-13(10-8-12)17(2)3/h7-11H,4-6H2,1-3H3,(H,16,18). The van der Waals surface area contributed by atoms with Gasteiger partial charge in [0, 0.05) is 31.6 Å². The van der Waals surface area contributed by atoms with Gasteiger partial charge in [-0.3, -0.25) is 4.79 Å². The van der Waals surface area contributed by atoms with Crippen LogP contribution in [0.5, 0.6) is 0 Å². The zero-order valence-corrected chi connectivity index (χ0v) is 11.3. The van der Waals surface area contributed by atoms with Gasteiger partial charge in [0.1, 0.15) is 0 Å². The number of nitrogens with one attached hydrogen (secondary N) is 1. The molecule has 1 rings (SSSR count). The van der Waals surface area contributed by atoms with Crippen LogP contribution in [0.3, 0.4) is 0 Å². The molecule has 4 heteroatoms. The van der Waals surface area contributed by atoms with Crippen molar-refractivity contribution in [2.45, 2.75) is 26.2 Å². The Morgan fingerprint density at radius 3 is 2.56 bits per heavy atom. The van der Waals surface area contributed by atoms with E-state index in [0.717, 1.165) is 24.9 Å². The lowest BCUT2D eigenvalue weighted by molar-refractivity contribution is 0.0955. The Morgan fingerprint density at radius 1 is 1.33 bits per heavy atom. The third kappa shape index (κ3) is 4.57. The van der Waals surface area contributed by atoms with E-state index in [2.05, 4.69) is 17.5 Å². The smallest absolute Gasteiger partial charge is 0.271 e. The SMILES string of the molecule is CCCCC=NNC(=O)c1ccc(N(C)C)cc1. The topological polar surface area (TPSA) is 44.7 Å². The predicted molar refractivity (Wildman–Crippen MR) is 76.3 cm³/mol.